The minimum absolute atomic E-state index is 0.257. The van der Waals surface area contributed by atoms with Crippen molar-refractivity contribution < 1.29 is 19.4 Å². The minimum Gasteiger partial charge on any atom is -0.479 e. The van der Waals surface area contributed by atoms with E-state index in [9.17, 15) is 9.59 Å². The molecule has 2 atom stereocenters. The Labute approximate surface area is 121 Å². The molecule has 7 heteroatoms. The summed E-state index contributed by atoms with van der Waals surface area (Å²) < 4.78 is 5.30. The van der Waals surface area contributed by atoms with Crippen LogP contribution in [0.5, 0.6) is 0 Å². The van der Waals surface area contributed by atoms with Crippen molar-refractivity contribution in [2.24, 2.45) is 0 Å². The first kappa shape index (κ1) is 14.7. The third-order valence-corrected chi connectivity index (χ3v) is 3.42. The van der Waals surface area contributed by atoms with Crippen LogP contribution in [0.2, 0.25) is 5.02 Å². The van der Waals surface area contributed by atoms with Gasteiger partial charge in [-0.2, -0.15) is 0 Å². The Bertz CT molecular complexity index is 535. The fourth-order valence-corrected chi connectivity index (χ4v) is 2.33. The largest absolute Gasteiger partial charge is 0.479 e. The summed E-state index contributed by atoms with van der Waals surface area (Å²) in [6, 6.07) is 1.61. The van der Waals surface area contributed by atoms with Gasteiger partial charge in [0.1, 0.15) is 0 Å². The van der Waals surface area contributed by atoms with Gasteiger partial charge in [0, 0.05) is 18.4 Å². The van der Waals surface area contributed by atoms with E-state index in [1.807, 2.05) is 0 Å². The van der Waals surface area contributed by atoms with Crippen molar-refractivity contribution in [3.05, 3.63) is 28.5 Å². The average Bonchev–Trinajstić information content (AvgIpc) is 2.85. The highest BCUT2D eigenvalue weighted by Gasteiger charge is 2.30. The highest BCUT2D eigenvalue weighted by molar-refractivity contribution is 6.33. The molecule has 0 bridgehead atoms. The number of halogens is 1. The van der Waals surface area contributed by atoms with E-state index in [0.717, 1.165) is 5.69 Å². The maximum atomic E-state index is 11.9. The van der Waals surface area contributed by atoms with Crippen LogP contribution < -0.4 is 5.32 Å². The van der Waals surface area contributed by atoms with Crippen molar-refractivity contribution in [1.82, 2.24) is 10.3 Å². The van der Waals surface area contributed by atoms with Crippen LogP contribution in [0.4, 0.5) is 0 Å². The fraction of sp³-hybridized carbons (Fsp3) is 0.462. The van der Waals surface area contributed by atoms with Crippen molar-refractivity contribution in [2.75, 3.05) is 6.54 Å². The summed E-state index contributed by atoms with van der Waals surface area (Å²) in [5.74, 6) is -1.31. The Balaban J connectivity index is 1.88. The lowest BCUT2D eigenvalue weighted by molar-refractivity contribution is -0.149. The second kappa shape index (κ2) is 6.19. The van der Waals surface area contributed by atoms with Crippen LogP contribution >= 0.6 is 11.6 Å². The standard InChI is InChI=1S/C13H15ClN2O4/c1-7-4-10(14)9(6-15-7)12(17)16-5-8-2-3-11(20-8)13(18)19/h4,6,8,11H,2-3,5H2,1H3,(H,16,17)(H,18,19). The number of carbonyl (C=O) groups excluding carboxylic acids is 1. The van der Waals surface area contributed by atoms with Crippen molar-refractivity contribution >= 4 is 23.5 Å². The van der Waals surface area contributed by atoms with E-state index in [1.165, 1.54) is 6.20 Å². The molecule has 0 spiro atoms. The Kier molecular flexibility index (Phi) is 4.57. The first-order valence-corrected chi connectivity index (χ1v) is 6.64. The average molecular weight is 299 g/mol. The van der Waals surface area contributed by atoms with E-state index >= 15 is 0 Å². The molecule has 0 aliphatic carbocycles. The lowest BCUT2D eigenvalue weighted by Gasteiger charge is -2.12. The minimum atomic E-state index is -0.968. The molecule has 2 rings (SSSR count). The van der Waals surface area contributed by atoms with Crippen LogP contribution in [0.15, 0.2) is 12.3 Å². The van der Waals surface area contributed by atoms with Crippen molar-refractivity contribution in [2.45, 2.75) is 32.0 Å². The third-order valence-electron chi connectivity index (χ3n) is 3.11. The molecule has 2 heterocycles. The Morgan fingerprint density at radius 3 is 2.90 bits per heavy atom. The first-order chi connectivity index (χ1) is 9.47. The molecule has 1 aromatic rings. The molecule has 0 aromatic carbocycles. The van der Waals surface area contributed by atoms with Crippen molar-refractivity contribution in [3.8, 4) is 0 Å². The number of aromatic nitrogens is 1. The van der Waals surface area contributed by atoms with Gasteiger partial charge in [-0.1, -0.05) is 11.6 Å². The van der Waals surface area contributed by atoms with Crippen LogP contribution in [-0.4, -0.2) is 40.7 Å². The molecule has 0 radical (unpaired) electrons. The molecule has 6 nitrogen and oxygen atoms in total. The SMILES string of the molecule is Cc1cc(Cl)c(C(=O)NCC2CCC(C(=O)O)O2)cn1. The molecule has 1 aliphatic heterocycles. The highest BCUT2D eigenvalue weighted by atomic mass is 35.5. The highest BCUT2D eigenvalue weighted by Crippen LogP contribution is 2.20. The number of hydrogen-bond acceptors (Lipinski definition) is 4. The van der Waals surface area contributed by atoms with Gasteiger partial charge >= 0.3 is 5.97 Å². The van der Waals surface area contributed by atoms with E-state index < -0.39 is 12.1 Å². The maximum absolute atomic E-state index is 11.9. The topological polar surface area (TPSA) is 88.5 Å². The Hall–Kier alpha value is -1.66. The van der Waals surface area contributed by atoms with Gasteiger partial charge in [-0.3, -0.25) is 9.78 Å². The zero-order chi connectivity index (χ0) is 14.7. The van der Waals surface area contributed by atoms with Gasteiger partial charge < -0.3 is 15.2 Å². The summed E-state index contributed by atoms with van der Waals surface area (Å²) in [5, 5.41) is 11.8. The van der Waals surface area contributed by atoms with Crippen LogP contribution in [0.3, 0.4) is 0 Å². The van der Waals surface area contributed by atoms with Gasteiger partial charge in [-0.15, -0.1) is 0 Å². The number of ether oxygens (including phenoxy) is 1. The number of nitrogens with zero attached hydrogens (tertiary/aromatic N) is 1. The predicted molar refractivity (Wildman–Crippen MR) is 71.8 cm³/mol. The number of carboxylic acid groups (broad SMARTS) is 1. The smallest absolute Gasteiger partial charge is 0.332 e. The van der Waals surface area contributed by atoms with E-state index in [0.29, 0.717) is 23.4 Å². The molecule has 1 aliphatic rings. The first-order valence-electron chi connectivity index (χ1n) is 6.26. The molecule has 1 aromatic heterocycles. The molecule has 1 fully saturated rings. The molecular formula is C13H15ClN2O4. The molecule has 2 N–H and O–H groups in total. The lowest BCUT2D eigenvalue weighted by Crippen LogP contribution is -2.33. The number of nitrogens with one attached hydrogen (secondary N) is 1. The maximum Gasteiger partial charge on any atom is 0.332 e. The normalized spacial score (nSPS) is 21.7. The Morgan fingerprint density at radius 2 is 2.30 bits per heavy atom. The number of carbonyl (C=O) groups is 2. The molecular weight excluding hydrogens is 284 g/mol. The van der Waals surface area contributed by atoms with Crippen molar-refractivity contribution in [3.63, 3.8) is 0 Å². The number of carboxylic acids is 1. The van der Waals surface area contributed by atoms with Gasteiger partial charge in [0.2, 0.25) is 0 Å². The van der Waals surface area contributed by atoms with Gasteiger partial charge in [0.05, 0.1) is 16.7 Å². The number of rotatable bonds is 4. The number of amides is 1. The molecule has 20 heavy (non-hydrogen) atoms. The zero-order valence-corrected chi connectivity index (χ0v) is 11.7. The number of aliphatic carboxylic acids is 1. The molecule has 2 unspecified atom stereocenters. The summed E-state index contributed by atoms with van der Waals surface area (Å²) in [7, 11) is 0. The van der Waals surface area contributed by atoms with Gasteiger partial charge in [0.25, 0.3) is 5.91 Å². The van der Waals surface area contributed by atoms with Gasteiger partial charge in [-0.05, 0) is 25.8 Å². The Morgan fingerprint density at radius 1 is 1.55 bits per heavy atom. The van der Waals surface area contributed by atoms with E-state index in [4.69, 9.17) is 21.4 Å². The predicted octanol–water partition coefficient (Wildman–Crippen LogP) is 1.41. The monoisotopic (exact) mass is 298 g/mol. The molecule has 108 valence electrons. The van der Waals surface area contributed by atoms with Crippen molar-refractivity contribution in [1.29, 1.82) is 0 Å². The molecule has 0 saturated carbocycles. The van der Waals surface area contributed by atoms with Crippen LogP contribution in [0.1, 0.15) is 28.9 Å². The summed E-state index contributed by atoms with van der Waals surface area (Å²) in [6.07, 6.45) is 1.43. The van der Waals surface area contributed by atoms with Crippen LogP contribution in [-0.2, 0) is 9.53 Å². The second-order valence-electron chi connectivity index (χ2n) is 4.68. The lowest BCUT2D eigenvalue weighted by atomic mass is 10.2. The quantitative estimate of drug-likeness (QED) is 0.877. The van der Waals surface area contributed by atoms with Crippen LogP contribution in [0, 0.1) is 6.92 Å². The summed E-state index contributed by atoms with van der Waals surface area (Å²) in [6.45, 7) is 2.04. The van der Waals surface area contributed by atoms with E-state index in [2.05, 4.69) is 10.3 Å². The number of hydrogen-bond donors (Lipinski definition) is 2. The summed E-state index contributed by atoms with van der Waals surface area (Å²) >= 11 is 5.97. The number of pyridine rings is 1. The second-order valence-corrected chi connectivity index (χ2v) is 5.09. The summed E-state index contributed by atoms with van der Waals surface area (Å²) in [5.41, 5.74) is 1.03. The third kappa shape index (κ3) is 3.46. The van der Waals surface area contributed by atoms with Gasteiger partial charge in [0.15, 0.2) is 6.10 Å². The van der Waals surface area contributed by atoms with E-state index in [1.54, 1.807) is 13.0 Å². The fourth-order valence-electron chi connectivity index (χ4n) is 2.03. The zero-order valence-electron chi connectivity index (χ0n) is 10.9. The van der Waals surface area contributed by atoms with Gasteiger partial charge in [-0.25, -0.2) is 4.79 Å². The van der Waals surface area contributed by atoms with Crippen LogP contribution in [0.25, 0.3) is 0 Å². The summed E-state index contributed by atoms with van der Waals surface area (Å²) in [4.78, 5) is 26.7. The number of aryl methyl sites for hydroxylation is 1. The molecule has 1 saturated heterocycles. The molecule has 1 amide bonds. The van der Waals surface area contributed by atoms with E-state index in [-0.39, 0.29) is 18.6 Å².